The third-order valence-electron chi connectivity index (χ3n) is 9.75. The number of carbonyl (C=O) groups excluding carboxylic acids is 2. The summed E-state index contributed by atoms with van der Waals surface area (Å²) in [5, 5.41) is 0. The maximum absolute atomic E-state index is 12.6. The molecule has 0 aromatic rings. The molecule has 8 nitrogen and oxygen atoms in total. The molecule has 0 aliphatic rings. The van der Waals surface area contributed by atoms with Crippen LogP contribution in [0.3, 0.4) is 0 Å². The lowest BCUT2D eigenvalue weighted by molar-refractivity contribution is -0.161. The molecular weight excluding hydrogens is 760 g/mol. The smallest absolute Gasteiger partial charge is 0.462 e. The van der Waals surface area contributed by atoms with Crippen LogP contribution in [-0.2, 0) is 32.7 Å². The van der Waals surface area contributed by atoms with E-state index in [9.17, 15) is 19.0 Å². The normalized spacial score (nSPS) is 13.9. The van der Waals surface area contributed by atoms with Gasteiger partial charge in [0.15, 0.2) is 6.10 Å². The van der Waals surface area contributed by atoms with Crippen molar-refractivity contribution in [3.63, 3.8) is 0 Å². The molecule has 0 heterocycles. The van der Waals surface area contributed by atoms with Crippen LogP contribution in [0.25, 0.3) is 0 Å². The number of esters is 2. The van der Waals surface area contributed by atoms with E-state index in [1.807, 2.05) is 0 Å². The summed E-state index contributed by atoms with van der Waals surface area (Å²) >= 11 is 0. The maximum Gasteiger partial charge on any atom is 0.472 e. The Labute approximate surface area is 362 Å². The fraction of sp³-hybridized carbons (Fsp3) is 0.720. The molecule has 0 saturated heterocycles. The monoisotopic (exact) mass is 847 g/mol. The van der Waals surface area contributed by atoms with Crippen LogP contribution in [0.2, 0.25) is 0 Å². The second-order valence-corrected chi connectivity index (χ2v) is 16.8. The Hall–Kier alpha value is -2.51. The molecule has 340 valence electrons. The van der Waals surface area contributed by atoms with E-state index in [1.54, 1.807) is 6.92 Å². The van der Waals surface area contributed by atoms with Crippen LogP contribution >= 0.6 is 7.82 Å². The molecule has 0 spiro atoms. The molecule has 59 heavy (non-hydrogen) atoms. The first-order valence-electron chi connectivity index (χ1n) is 23.7. The molecule has 2 atom stereocenters. The van der Waals surface area contributed by atoms with Crippen molar-refractivity contribution in [2.75, 3.05) is 19.8 Å². The zero-order chi connectivity index (χ0) is 43.2. The fourth-order valence-electron chi connectivity index (χ4n) is 6.30. The number of ether oxygens (including phenoxy) is 2. The standard InChI is InChI=1S/C50H87O8P/c1-4-7-9-11-13-15-17-19-21-23-24-25-26-27-28-29-31-33-35-37-39-41-43-45-50(52)58-48(47-57-59(53,54)56-6-3)46-55-49(51)44-42-40-38-36-34-32-30-22-20-18-16-14-12-10-8-5-2/h7,9,13,15-16,18-19,21-22,24-25,30,48H,4-6,8,10-12,14,17,20,23,26-29,31-47H2,1-3H3,(H,53,54)/b9-7-,15-13-,18-16-,21-19-,25-24-,30-22-. The molecule has 0 aromatic carbocycles. The van der Waals surface area contributed by atoms with E-state index in [2.05, 4.69) is 86.8 Å². The molecule has 1 N–H and O–H groups in total. The summed E-state index contributed by atoms with van der Waals surface area (Å²) in [7, 11) is -4.29. The van der Waals surface area contributed by atoms with Crippen molar-refractivity contribution in [2.24, 2.45) is 0 Å². The van der Waals surface area contributed by atoms with Crippen molar-refractivity contribution in [3.8, 4) is 0 Å². The highest BCUT2D eigenvalue weighted by molar-refractivity contribution is 7.47. The minimum Gasteiger partial charge on any atom is -0.462 e. The topological polar surface area (TPSA) is 108 Å². The Morgan fingerprint density at radius 3 is 1.31 bits per heavy atom. The molecule has 0 aliphatic carbocycles. The lowest BCUT2D eigenvalue weighted by Gasteiger charge is -2.19. The first-order valence-corrected chi connectivity index (χ1v) is 25.2. The van der Waals surface area contributed by atoms with Gasteiger partial charge in [-0.1, -0.05) is 177 Å². The second-order valence-electron chi connectivity index (χ2n) is 15.4. The number of rotatable bonds is 43. The van der Waals surface area contributed by atoms with E-state index in [0.29, 0.717) is 6.42 Å². The van der Waals surface area contributed by atoms with E-state index in [-0.39, 0.29) is 32.0 Å². The number of hydrogen-bond donors (Lipinski definition) is 1. The van der Waals surface area contributed by atoms with Gasteiger partial charge in [-0.2, -0.15) is 0 Å². The van der Waals surface area contributed by atoms with Crippen molar-refractivity contribution >= 4 is 19.8 Å². The highest BCUT2D eigenvalue weighted by Crippen LogP contribution is 2.43. The molecule has 0 saturated carbocycles. The van der Waals surface area contributed by atoms with Gasteiger partial charge >= 0.3 is 19.8 Å². The fourth-order valence-corrected chi connectivity index (χ4v) is 7.05. The predicted molar refractivity (Wildman–Crippen MR) is 248 cm³/mol. The Balaban J connectivity index is 4.05. The first kappa shape index (κ1) is 56.5. The minimum atomic E-state index is -4.29. The van der Waals surface area contributed by atoms with Crippen molar-refractivity contribution in [1.82, 2.24) is 0 Å². The van der Waals surface area contributed by atoms with Crippen LogP contribution in [0.15, 0.2) is 72.9 Å². The van der Waals surface area contributed by atoms with Crippen LogP contribution in [0.1, 0.15) is 207 Å². The van der Waals surface area contributed by atoms with Crippen molar-refractivity contribution in [2.45, 2.75) is 213 Å². The lowest BCUT2D eigenvalue weighted by atomic mass is 10.0. The first-order chi connectivity index (χ1) is 28.8. The Morgan fingerprint density at radius 2 is 0.864 bits per heavy atom. The summed E-state index contributed by atoms with van der Waals surface area (Å²) in [5.74, 6) is -0.820. The average Bonchev–Trinajstić information content (AvgIpc) is 3.22. The molecule has 0 amide bonds. The van der Waals surface area contributed by atoms with Gasteiger partial charge in [0.05, 0.1) is 13.2 Å². The minimum absolute atomic E-state index is 0.00588. The maximum atomic E-state index is 12.6. The van der Waals surface area contributed by atoms with Crippen LogP contribution < -0.4 is 0 Å². The Morgan fingerprint density at radius 1 is 0.475 bits per heavy atom. The molecule has 0 bridgehead atoms. The van der Waals surface area contributed by atoms with Gasteiger partial charge in [0.1, 0.15) is 6.61 Å². The van der Waals surface area contributed by atoms with Crippen LogP contribution in [-0.4, -0.2) is 42.8 Å². The molecule has 0 rings (SSSR count). The molecule has 0 aromatic heterocycles. The number of phosphoric ester groups is 1. The quantitative estimate of drug-likeness (QED) is 0.0280. The van der Waals surface area contributed by atoms with Gasteiger partial charge in [-0.05, 0) is 90.4 Å². The average molecular weight is 847 g/mol. The van der Waals surface area contributed by atoms with Crippen molar-refractivity contribution < 1.29 is 37.6 Å². The summed E-state index contributed by atoms with van der Waals surface area (Å²) in [6.07, 6.45) is 56.7. The van der Waals surface area contributed by atoms with Crippen LogP contribution in [0.5, 0.6) is 0 Å². The number of phosphoric acid groups is 1. The molecular formula is C50H87O8P. The summed E-state index contributed by atoms with van der Waals surface area (Å²) in [5.41, 5.74) is 0. The summed E-state index contributed by atoms with van der Waals surface area (Å²) < 4.78 is 32.7. The predicted octanol–water partition coefficient (Wildman–Crippen LogP) is 15.3. The van der Waals surface area contributed by atoms with E-state index in [4.69, 9.17) is 18.5 Å². The largest absolute Gasteiger partial charge is 0.472 e. The van der Waals surface area contributed by atoms with Crippen molar-refractivity contribution in [3.05, 3.63) is 72.9 Å². The number of allylic oxidation sites excluding steroid dienone is 12. The van der Waals surface area contributed by atoms with E-state index < -0.39 is 26.5 Å². The van der Waals surface area contributed by atoms with Gasteiger partial charge in [0, 0.05) is 12.8 Å². The van der Waals surface area contributed by atoms with E-state index >= 15 is 0 Å². The zero-order valence-corrected chi connectivity index (χ0v) is 38.8. The molecule has 0 fully saturated rings. The van der Waals surface area contributed by atoms with Crippen molar-refractivity contribution in [1.29, 1.82) is 0 Å². The number of carbonyl (C=O) groups is 2. The second kappa shape index (κ2) is 45.0. The van der Waals surface area contributed by atoms with Crippen LogP contribution in [0.4, 0.5) is 0 Å². The Bertz CT molecular complexity index is 1190. The summed E-state index contributed by atoms with van der Waals surface area (Å²) in [6, 6.07) is 0. The zero-order valence-electron chi connectivity index (χ0n) is 37.9. The molecule has 0 radical (unpaired) electrons. The van der Waals surface area contributed by atoms with Gasteiger partial charge in [-0.3, -0.25) is 18.6 Å². The lowest BCUT2D eigenvalue weighted by Crippen LogP contribution is -2.29. The Kier molecular flexibility index (Phi) is 43.1. The third-order valence-corrected chi connectivity index (χ3v) is 10.8. The van der Waals surface area contributed by atoms with Gasteiger partial charge in [-0.15, -0.1) is 0 Å². The van der Waals surface area contributed by atoms with Gasteiger partial charge < -0.3 is 14.4 Å². The van der Waals surface area contributed by atoms with Gasteiger partial charge in [0.25, 0.3) is 0 Å². The van der Waals surface area contributed by atoms with E-state index in [1.165, 1.54) is 70.6 Å². The molecule has 0 aliphatic heterocycles. The number of hydrogen-bond acceptors (Lipinski definition) is 7. The summed E-state index contributed by atoms with van der Waals surface area (Å²) in [6.45, 7) is 5.33. The van der Waals surface area contributed by atoms with Gasteiger partial charge in [-0.25, -0.2) is 4.57 Å². The summed E-state index contributed by atoms with van der Waals surface area (Å²) in [4.78, 5) is 34.9. The highest BCUT2D eigenvalue weighted by atomic mass is 31.2. The molecule has 2 unspecified atom stereocenters. The SMILES string of the molecule is CC/C=C\C/C=C\C/C=C\C/C=C\CCCCCCCCCCCCC(=O)OC(COC(=O)CCCCCCC/C=C\C/C=C\CCCCCC)COP(=O)(O)OCC. The number of unbranched alkanes of at least 4 members (excludes halogenated alkanes) is 19. The van der Waals surface area contributed by atoms with E-state index in [0.717, 1.165) is 96.3 Å². The van der Waals surface area contributed by atoms with Crippen LogP contribution in [0, 0.1) is 0 Å². The highest BCUT2D eigenvalue weighted by Gasteiger charge is 2.25. The third kappa shape index (κ3) is 44.9. The molecule has 9 heteroatoms. The van der Waals surface area contributed by atoms with Gasteiger partial charge in [0.2, 0.25) is 0 Å².